The highest BCUT2D eigenvalue weighted by Gasteiger charge is 2.24. The van der Waals surface area contributed by atoms with Crippen molar-refractivity contribution in [3.05, 3.63) is 42.2 Å². The van der Waals surface area contributed by atoms with Crippen molar-refractivity contribution in [3.63, 3.8) is 0 Å². The first kappa shape index (κ1) is 18.9. The van der Waals surface area contributed by atoms with E-state index in [0.29, 0.717) is 31.3 Å². The molecule has 27 heavy (non-hydrogen) atoms. The molecule has 7 nitrogen and oxygen atoms in total. The lowest BCUT2D eigenvalue weighted by molar-refractivity contribution is 0.0525. The van der Waals surface area contributed by atoms with Gasteiger partial charge in [-0.15, -0.1) is 0 Å². The predicted molar refractivity (Wildman–Crippen MR) is 101 cm³/mol. The molecule has 0 amide bonds. The summed E-state index contributed by atoms with van der Waals surface area (Å²) in [5, 5.41) is 0. The highest BCUT2D eigenvalue weighted by molar-refractivity contribution is 5.88. The molecule has 2 heterocycles. The zero-order chi connectivity index (χ0) is 19.1. The van der Waals surface area contributed by atoms with Crippen LogP contribution in [0.3, 0.4) is 0 Å². The molecule has 1 aliphatic heterocycles. The first-order chi connectivity index (χ1) is 13.2. The smallest absolute Gasteiger partial charge is 0.341 e. The monoisotopic (exact) mass is 371 g/mol. The second-order valence-electron chi connectivity index (χ2n) is 6.20. The molecule has 0 saturated carbocycles. The normalized spacial score (nSPS) is 16.7. The van der Waals surface area contributed by atoms with E-state index >= 15 is 0 Å². The Balaban J connectivity index is 1.65. The largest absolute Gasteiger partial charge is 0.490 e. The van der Waals surface area contributed by atoms with Gasteiger partial charge in [-0.05, 0) is 38.8 Å². The van der Waals surface area contributed by atoms with Gasteiger partial charge in [0.25, 0.3) is 0 Å². The molecule has 3 rings (SSSR count). The van der Waals surface area contributed by atoms with Gasteiger partial charge in [-0.25, -0.2) is 14.8 Å². The molecule has 0 radical (unpaired) electrons. The SMILES string of the molecule is CCOC(=O)c1cnc(N2CCCC(Oc3ccccc3OCC)C2)nc1. The summed E-state index contributed by atoms with van der Waals surface area (Å²) in [6, 6.07) is 7.71. The second-order valence-corrected chi connectivity index (χ2v) is 6.20. The molecule has 7 heteroatoms. The zero-order valence-corrected chi connectivity index (χ0v) is 15.8. The first-order valence-corrected chi connectivity index (χ1v) is 9.33. The van der Waals surface area contributed by atoms with Crippen LogP contribution >= 0.6 is 0 Å². The van der Waals surface area contributed by atoms with E-state index in [1.165, 1.54) is 12.4 Å². The van der Waals surface area contributed by atoms with Crippen LogP contribution < -0.4 is 14.4 Å². The Morgan fingerprint density at radius 3 is 2.59 bits per heavy atom. The van der Waals surface area contributed by atoms with E-state index in [4.69, 9.17) is 14.2 Å². The summed E-state index contributed by atoms with van der Waals surface area (Å²) < 4.78 is 16.8. The van der Waals surface area contributed by atoms with Crippen molar-refractivity contribution in [1.29, 1.82) is 0 Å². The van der Waals surface area contributed by atoms with Crippen molar-refractivity contribution < 1.29 is 19.0 Å². The molecule has 144 valence electrons. The third kappa shape index (κ3) is 4.87. The number of aromatic nitrogens is 2. The maximum Gasteiger partial charge on any atom is 0.341 e. The van der Waals surface area contributed by atoms with Gasteiger partial charge in [0.05, 0.1) is 25.3 Å². The van der Waals surface area contributed by atoms with Crippen LogP contribution in [0.25, 0.3) is 0 Å². The Hall–Kier alpha value is -2.83. The Morgan fingerprint density at radius 2 is 1.89 bits per heavy atom. The number of nitrogens with zero attached hydrogens (tertiary/aromatic N) is 3. The van der Waals surface area contributed by atoms with E-state index in [1.807, 2.05) is 31.2 Å². The van der Waals surface area contributed by atoms with Crippen molar-refractivity contribution in [2.45, 2.75) is 32.8 Å². The van der Waals surface area contributed by atoms with Crippen LogP contribution in [0.5, 0.6) is 11.5 Å². The van der Waals surface area contributed by atoms with Gasteiger partial charge in [-0.2, -0.15) is 0 Å². The lowest BCUT2D eigenvalue weighted by atomic mass is 10.1. The van der Waals surface area contributed by atoms with Crippen LogP contribution in [-0.2, 0) is 4.74 Å². The fourth-order valence-corrected chi connectivity index (χ4v) is 3.02. The van der Waals surface area contributed by atoms with Crippen LogP contribution in [0.4, 0.5) is 5.95 Å². The van der Waals surface area contributed by atoms with Crippen LogP contribution in [-0.4, -0.2) is 48.3 Å². The number of anilines is 1. The van der Waals surface area contributed by atoms with E-state index in [0.717, 1.165) is 30.9 Å². The van der Waals surface area contributed by atoms with E-state index < -0.39 is 5.97 Å². The molecule has 1 fully saturated rings. The Labute approximate surface area is 159 Å². The number of hydrogen-bond acceptors (Lipinski definition) is 7. The van der Waals surface area contributed by atoms with Gasteiger partial charge in [-0.3, -0.25) is 0 Å². The summed E-state index contributed by atoms with van der Waals surface area (Å²) in [5.41, 5.74) is 0.357. The minimum atomic E-state index is -0.406. The highest BCUT2D eigenvalue weighted by atomic mass is 16.5. The number of ether oxygens (including phenoxy) is 3. The molecule has 0 spiro atoms. The Bertz CT molecular complexity index is 751. The molecule has 0 bridgehead atoms. The molecule has 1 aromatic heterocycles. The van der Waals surface area contributed by atoms with E-state index in [9.17, 15) is 4.79 Å². The summed E-state index contributed by atoms with van der Waals surface area (Å²) in [5.74, 6) is 1.70. The molecule has 2 aromatic rings. The van der Waals surface area contributed by atoms with Crippen molar-refractivity contribution in [3.8, 4) is 11.5 Å². The average Bonchev–Trinajstić information content (AvgIpc) is 2.70. The molecule has 1 aromatic carbocycles. The minimum Gasteiger partial charge on any atom is -0.490 e. The maximum atomic E-state index is 11.7. The molecule has 1 aliphatic rings. The number of hydrogen-bond donors (Lipinski definition) is 0. The summed E-state index contributed by atoms with van der Waals surface area (Å²) in [6.07, 6.45) is 4.97. The van der Waals surface area contributed by atoms with Gasteiger partial charge in [-0.1, -0.05) is 12.1 Å². The van der Waals surface area contributed by atoms with Gasteiger partial charge < -0.3 is 19.1 Å². The van der Waals surface area contributed by atoms with Gasteiger partial charge in [0.1, 0.15) is 6.10 Å². The molecule has 1 atom stereocenters. The van der Waals surface area contributed by atoms with Crippen LogP contribution in [0, 0.1) is 0 Å². The Kier molecular flexibility index (Phi) is 6.46. The number of esters is 1. The van der Waals surface area contributed by atoms with Crippen molar-refractivity contribution in [2.75, 3.05) is 31.2 Å². The minimum absolute atomic E-state index is 0.0219. The first-order valence-electron chi connectivity index (χ1n) is 9.33. The number of piperidine rings is 1. The van der Waals surface area contributed by atoms with E-state index in [1.54, 1.807) is 6.92 Å². The molecule has 1 saturated heterocycles. The van der Waals surface area contributed by atoms with Gasteiger partial charge in [0.15, 0.2) is 11.5 Å². The topological polar surface area (TPSA) is 73.8 Å². The number of rotatable bonds is 7. The fraction of sp³-hybridized carbons (Fsp3) is 0.450. The molecule has 0 aliphatic carbocycles. The van der Waals surface area contributed by atoms with Crippen LogP contribution in [0.15, 0.2) is 36.7 Å². The van der Waals surface area contributed by atoms with Gasteiger partial charge in [0, 0.05) is 18.9 Å². The van der Waals surface area contributed by atoms with Crippen molar-refractivity contribution in [1.82, 2.24) is 9.97 Å². The number of para-hydroxylation sites is 2. The number of carbonyl (C=O) groups is 1. The second kappa shape index (κ2) is 9.21. The maximum absolute atomic E-state index is 11.7. The van der Waals surface area contributed by atoms with Gasteiger partial charge >= 0.3 is 5.97 Å². The van der Waals surface area contributed by atoms with Crippen molar-refractivity contribution >= 4 is 11.9 Å². The number of benzene rings is 1. The third-order valence-corrected chi connectivity index (χ3v) is 4.25. The zero-order valence-electron chi connectivity index (χ0n) is 15.8. The van der Waals surface area contributed by atoms with E-state index in [-0.39, 0.29) is 6.10 Å². The lowest BCUT2D eigenvalue weighted by Crippen LogP contribution is -2.42. The third-order valence-electron chi connectivity index (χ3n) is 4.25. The van der Waals surface area contributed by atoms with Crippen molar-refractivity contribution in [2.24, 2.45) is 0 Å². The number of carbonyl (C=O) groups excluding carboxylic acids is 1. The highest BCUT2D eigenvalue weighted by Crippen LogP contribution is 2.29. The summed E-state index contributed by atoms with van der Waals surface area (Å²) >= 11 is 0. The standard InChI is InChI=1S/C20H25N3O4/c1-3-25-17-9-5-6-10-18(17)27-16-8-7-11-23(14-16)20-21-12-15(13-22-20)19(24)26-4-2/h5-6,9-10,12-13,16H,3-4,7-8,11,14H2,1-2H3. The lowest BCUT2D eigenvalue weighted by Gasteiger charge is -2.33. The molecular weight excluding hydrogens is 346 g/mol. The molecular formula is C20H25N3O4. The fourth-order valence-electron chi connectivity index (χ4n) is 3.02. The summed E-state index contributed by atoms with van der Waals surface area (Å²) in [7, 11) is 0. The van der Waals surface area contributed by atoms with Crippen LogP contribution in [0.1, 0.15) is 37.0 Å². The quantitative estimate of drug-likeness (QED) is 0.692. The summed E-state index contributed by atoms with van der Waals surface area (Å²) in [4.78, 5) is 22.5. The van der Waals surface area contributed by atoms with Gasteiger partial charge in [0.2, 0.25) is 5.95 Å². The van der Waals surface area contributed by atoms with Crippen LogP contribution in [0.2, 0.25) is 0 Å². The van der Waals surface area contributed by atoms with E-state index in [2.05, 4.69) is 14.9 Å². The molecule has 0 N–H and O–H groups in total. The average molecular weight is 371 g/mol. The summed E-state index contributed by atoms with van der Waals surface area (Å²) in [6.45, 7) is 6.18. The molecule has 1 unspecified atom stereocenters. The Morgan fingerprint density at radius 1 is 1.15 bits per heavy atom. The predicted octanol–water partition coefficient (Wildman–Crippen LogP) is 3.10.